The molecule has 2 aromatic carbocycles. The summed E-state index contributed by atoms with van der Waals surface area (Å²) in [5, 5.41) is 5.16. The van der Waals surface area contributed by atoms with Crippen molar-refractivity contribution in [2.45, 2.75) is 37.8 Å². The Bertz CT molecular complexity index is 923. The summed E-state index contributed by atoms with van der Waals surface area (Å²) >= 11 is 5.72. The number of benzene rings is 2. The SMILES string of the molecule is NC1CCc2cc(Cl)cc(F)c2NC1=O.NC1CCc2cc(F)cc(F)c2NC1=O. The molecular formula is C20H20ClF3N4O2. The fraction of sp³-hybridized carbons (Fsp3) is 0.300. The molecule has 0 fully saturated rings. The van der Waals surface area contributed by atoms with Gasteiger partial charge in [0.15, 0.2) is 0 Å². The van der Waals surface area contributed by atoms with Crippen LogP contribution in [0.15, 0.2) is 24.3 Å². The number of carbonyl (C=O) groups excluding carboxylic acids is 2. The van der Waals surface area contributed by atoms with E-state index >= 15 is 0 Å². The average Bonchev–Trinajstić information content (AvgIpc) is 2.91. The predicted molar refractivity (Wildman–Crippen MR) is 108 cm³/mol. The van der Waals surface area contributed by atoms with Crippen molar-refractivity contribution in [3.8, 4) is 0 Å². The lowest BCUT2D eigenvalue weighted by Gasteiger charge is -2.08. The van der Waals surface area contributed by atoms with Crippen LogP contribution in [0.1, 0.15) is 24.0 Å². The monoisotopic (exact) mass is 440 g/mol. The van der Waals surface area contributed by atoms with Crippen molar-refractivity contribution < 1.29 is 22.8 Å². The Labute approximate surface area is 175 Å². The van der Waals surface area contributed by atoms with Gasteiger partial charge in [0, 0.05) is 11.1 Å². The number of halogens is 4. The molecule has 30 heavy (non-hydrogen) atoms. The lowest BCUT2D eigenvalue weighted by molar-refractivity contribution is -0.118. The van der Waals surface area contributed by atoms with Gasteiger partial charge >= 0.3 is 0 Å². The molecule has 0 saturated carbocycles. The summed E-state index contributed by atoms with van der Waals surface area (Å²) in [6, 6.07) is 3.54. The molecule has 2 amide bonds. The molecule has 0 aromatic heterocycles. The molecule has 2 heterocycles. The standard InChI is InChI=1S/C10H10ClFN2O.C10H10F2N2O/c2*11-6-3-5-1-2-8(13)10(15)14-9(5)7(12)4-6/h2*3-4,8H,1-2,13H2,(H,14,15). The largest absolute Gasteiger partial charge is 0.322 e. The molecule has 160 valence electrons. The molecular weight excluding hydrogens is 421 g/mol. The average molecular weight is 441 g/mol. The van der Waals surface area contributed by atoms with Crippen LogP contribution in [0.25, 0.3) is 0 Å². The minimum atomic E-state index is -0.757. The topological polar surface area (TPSA) is 110 Å². The number of amides is 2. The molecule has 0 spiro atoms. The van der Waals surface area contributed by atoms with Gasteiger partial charge in [-0.2, -0.15) is 0 Å². The van der Waals surface area contributed by atoms with Gasteiger partial charge in [-0.25, -0.2) is 13.2 Å². The molecule has 0 aliphatic carbocycles. The number of hydrogen-bond donors (Lipinski definition) is 4. The van der Waals surface area contributed by atoms with Gasteiger partial charge < -0.3 is 22.1 Å². The number of nitrogens with one attached hydrogen (secondary N) is 2. The van der Waals surface area contributed by atoms with E-state index in [1.54, 1.807) is 6.07 Å². The van der Waals surface area contributed by atoms with E-state index < -0.39 is 35.4 Å². The first-order chi connectivity index (χ1) is 14.2. The lowest BCUT2D eigenvalue weighted by Crippen LogP contribution is -2.34. The van der Waals surface area contributed by atoms with Crippen LogP contribution in [0.2, 0.25) is 5.02 Å². The number of nitrogens with two attached hydrogens (primary N) is 2. The predicted octanol–water partition coefficient (Wildman–Crippen LogP) is 2.87. The zero-order valence-corrected chi connectivity index (χ0v) is 16.5. The van der Waals surface area contributed by atoms with Crippen LogP contribution in [0.3, 0.4) is 0 Å². The molecule has 10 heteroatoms. The van der Waals surface area contributed by atoms with Crippen molar-refractivity contribution in [2.24, 2.45) is 11.5 Å². The van der Waals surface area contributed by atoms with Crippen molar-refractivity contribution >= 4 is 34.8 Å². The molecule has 2 unspecified atom stereocenters. The normalized spacial score (nSPS) is 20.5. The van der Waals surface area contributed by atoms with Crippen LogP contribution in [-0.4, -0.2) is 23.9 Å². The summed E-state index contributed by atoms with van der Waals surface area (Å²) < 4.78 is 39.7. The summed E-state index contributed by atoms with van der Waals surface area (Å²) in [6.45, 7) is 0. The zero-order chi connectivity index (χ0) is 22.0. The van der Waals surface area contributed by atoms with Crippen LogP contribution in [0.5, 0.6) is 0 Å². The minimum absolute atomic E-state index is 0.0503. The fourth-order valence-corrected chi connectivity index (χ4v) is 3.47. The third-order valence-electron chi connectivity index (χ3n) is 4.89. The molecule has 0 radical (unpaired) electrons. The van der Waals surface area contributed by atoms with Crippen molar-refractivity contribution in [1.29, 1.82) is 0 Å². The van der Waals surface area contributed by atoms with Gasteiger partial charge in [-0.05, 0) is 55.0 Å². The van der Waals surface area contributed by atoms with E-state index in [0.29, 0.717) is 41.8 Å². The van der Waals surface area contributed by atoms with E-state index in [4.69, 9.17) is 23.1 Å². The van der Waals surface area contributed by atoms with E-state index in [-0.39, 0.29) is 17.3 Å². The number of rotatable bonds is 0. The van der Waals surface area contributed by atoms with Crippen molar-refractivity contribution in [3.05, 3.63) is 57.9 Å². The molecule has 6 nitrogen and oxygen atoms in total. The van der Waals surface area contributed by atoms with Crippen LogP contribution < -0.4 is 22.1 Å². The van der Waals surface area contributed by atoms with Crippen molar-refractivity contribution in [3.63, 3.8) is 0 Å². The third-order valence-corrected chi connectivity index (χ3v) is 5.11. The number of hydrogen-bond acceptors (Lipinski definition) is 4. The van der Waals surface area contributed by atoms with E-state index in [1.807, 2.05) is 0 Å². The Hall–Kier alpha value is -2.62. The second-order valence-corrected chi connectivity index (χ2v) is 7.55. The maximum Gasteiger partial charge on any atom is 0.241 e. The number of aryl methyl sites for hydroxylation is 2. The molecule has 2 aromatic rings. The maximum atomic E-state index is 13.5. The van der Waals surface area contributed by atoms with Crippen molar-refractivity contribution in [1.82, 2.24) is 0 Å². The van der Waals surface area contributed by atoms with Crippen molar-refractivity contribution in [2.75, 3.05) is 10.6 Å². The number of anilines is 2. The van der Waals surface area contributed by atoms with Crippen LogP contribution in [0, 0.1) is 17.5 Å². The highest BCUT2D eigenvalue weighted by molar-refractivity contribution is 6.30. The smallest absolute Gasteiger partial charge is 0.241 e. The van der Waals surface area contributed by atoms with Crippen LogP contribution in [0.4, 0.5) is 24.5 Å². The molecule has 0 bridgehead atoms. The Kier molecular flexibility index (Phi) is 6.64. The van der Waals surface area contributed by atoms with Gasteiger partial charge in [0.25, 0.3) is 0 Å². The Morgan fingerprint density at radius 3 is 1.80 bits per heavy atom. The van der Waals surface area contributed by atoms with E-state index in [1.165, 1.54) is 12.1 Å². The van der Waals surface area contributed by atoms with Gasteiger partial charge in [-0.3, -0.25) is 9.59 Å². The summed E-state index contributed by atoms with van der Waals surface area (Å²) in [5.74, 6) is -2.70. The first-order valence-corrected chi connectivity index (χ1v) is 9.62. The van der Waals surface area contributed by atoms with E-state index in [2.05, 4.69) is 10.6 Å². The molecule has 2 aliphatic heterocycles. The van der Waals surface area contributed by atoms with Gasteiger partial charge in [-0.15, -0.1) is 0 Å². The van der Waals surface area contributed by atoms with Gasteiger partial charge in [0.2, 0.25) is 11.8 Å². The van der Waals surface area contributed by atoms with Crippen LogP contribution >= 0.6 is 11.6 Å². The van der Waals surface area contributed by atoms with E-state index in [0.717, 1.165) is 6.07 Å². The number of fused-ring (bicyclic) bond motifs is 2. The number of carbonyl (C=O) groups is 2. The molecule has 2 aliphatic rings. The third kappa shape index (κ3) is 4.92. The quantitative estimate of drug-likeness (QED) is 0.505. The minimum Gasteiger partial charge on any atom is -0.322 e. The zero-order valence-electron chi connectivity index (χ0n) is 15.8. The van der Waals surface area contributed by atoms with E-state index in [9.17, 15) is 22.8 Å². The highest BCUT2D eigenvalue weighted by Gasteiger charge is 2.24. The Morgan fingerprint density at radius 2 is 1.27 bits per heavy atom. The summed E-state index contributed by atoms with van der Waals surface area (Å²) in [4.78, 5) is 22.7. The Morgan fingerprint density at radius 1 is 0.800 bits per heavy atom. The second-order valence-electron chi connectivity index (χ2n) is 7.11. The molecule has 4 rings (SSSR count). The molecule has 0 saturated heterocycles. The Balaban J connectivity index is 0.000000171. The molecule has 6 N–H and O–H groups in total. The molecule has 2 atom stereocenters. The summed E-state index contributed by atoms with van der Waals surface area (Å²) in [7, 11) is 0. The van der Waals surface area contributed by atoms with Gasteiger partial charge in [-0.1, -0.05) is 11.6 Å². The first-order valence-electron chi connectivity index (χ1n) is 9.24. The lowest BCUT2D eigenvalue weighted by atomic mass is 10.1. The maximum absolute atomic E-state index is 13.5. The fourth-order valence-electron chi connectivity index (χ4n) is 3.24. The summed E-state index contributed by atoms with van der Waals surface area (Å²) in [6.07, 6.45) is 1.83. The van der Waals surface area contributed by atoms with Gasteiger partial charge in [0.1, 0.15) is 17.5 Å². The summed E-state index contributed by atoms with van der Waals surface area (Å²) in [5.41, 5.74) is 12.5. The highest BCUT2D eigenvalue weighted by Crippen LogP contribution is 2.28. The first kappa shape index (κ1) is 22.1. The second kappa shape index (κ2) is 9.03. The van der Waals surface area contributed by atoms with Crippen LogP contribution in [-0.2, 0) is 22.4 Å². The van der Waals surface area contributed by atoms with Gasteiger partial charge in [0.05, 0.1) is 23.5 Å². The highest BCUT2D eigenvalue weighted by atomic mass is 35.5.